The van der Waals surface area contributed by atoms with E-state index in [9.17, 15) is 0 Å². The van der Waals surface area contributed by atoms with Crippen LogP contribution in [-0.2, 0) is 0 Å². The Morgan fingerprint density at radius 3 is 3.09 bits per heavy atom. The van der Waals surface area contributed by atoms with Gasteiger partial charge in [0.15, 0.2) is 0 Å². The van der Waals surface area contributed by atoms with Crippen molar-refractivity contribution in [2.75, 3.05) is 18.5 Å². The summed E-state index contributed by atoms with van der Waals surface area (Å²) in [6.07, 6.45) is 2.06. The van der Waals surface area contributed by atoms with Gasteiger partial charge in [-0.15, -0.1) is 0 Å². The minimum absolute atomic E-state index is 0.649. The lowest BCUT2D eigenvalue weighted by atomic mass is 10.1. The smallest absolute Gasteiger partial charge is 0.0877 e. The molecule has 1 aliphatic rings. The van der Waals surface area contributed by atoms with Gasteiger partial charge in [-0.2, -0.15) is 0 Å². The first-order chi connectivity index (χ1) is 5.20. The van der Waals surface area contributed by atoms with Gasteiger partial charge in [-0.3, -0.25) is 0 Å². The maximum absolute atomic E-state index is 3.50. The Balaban J connectivity index is 2.54. The molecular formula is C8H11BrN2. The molecule has 60 valence electrons. The van der Waals surface area contributed by atoms with Crippen LogP contribution in [0.2, 0.25) is 0 Å². The number of halogens is 1. The van der Waals surface area contributed by atoms with Crippen LogP contribution in [0, 0.1) is 0 Å². The predicted octanol–water partition coefficient (Wildman–Crippen LogP) is 2.33. The summed E-state index contributed by atoms with van der Waals surface area (Å²) in [5.74, 6) is 0.649. The second-order valence-corrected chi connectivity index (χ2v) is 3.98. The maximum Gasteiger partial charge on any atom is 0.0877 e. The van der Waals surface area contributed by atoms with Gasteiger partial charge in [0.2, 0.25) is 0 Å². The zero-order valence-electron chi connectivity index (χ0n) is 6.69. The normalized spacial score (nSPS) is 22.5. The van der Waals surface area contributed by atoms with Crippen molar-refractivity contribution in [1.29, 1.82) is 0 Å². The van der Waals surface area contributed by atoms with Gasteiger partial charge in [0.1, 0.15) is 0 Å². The molecule has 1 N–H and O–H groups in total. The average Bonchev–Trinajstić information content (AvgIpc) is 2.41. The standard InChI is InChI=1S/C8H11BrN2/c1-5-4-11(2)6-3-10-8(9)7(5)6/h3,5,10H,4H2,1-2H3. The van der Waals surface area contributed by atoms with E-state index in [1.165, 1.54) is 11.3 Å². The summed E-state index contributed by atoms with van der Waals surface area (Å²) in [5, 5.41) is 0. The highest BCUT2D eigenvalue weighted by Gasteiger charge is 2.26. The molecule has 0 aliphatic carbocycles. The molecule has 2 rings (SSSR count). The van der Waals surface area contributed by atoms with Crippen LogP contribution in [-0.4, -0.2) is 18.6 Å². The largest absolute Gasteiger partial charge is 0.373 e. The summed E-state index contributed by atoms with van der Waals surface area (Å²) in [5.41, 5.74) is 2.76. The van der Waals surface area contributed by atoms with Crippen molar-refractivity contribution >= 4 is 21.6 Å². The number of fused-ring (bicyclic) bond motifs is 1. The van der Waals surface area contributed by atoms with E-state index in [2.05, 4.69) is 46.0 Å². The van der Waals surface area contributed by atoms with Crippen molar-refractivity contribution in [3.05, 3.63) is 16.4 Å². The van der Waals surface area contributed by atoms with Gasteiger partial charge in [-0.05, 0) is 15.9 Å². The number of aromatic nitrogens is 1. The number of H-pyrrole nitrogens is 1. The summed E-state index contributed by atoms with van der Waals surface area (Å²) in [4.78, 5) is 5.45. The molecule has 0 bridgehead atoms. The van der Waals surface area contributed by atoms with Gasteiger partial charge >= 0.3 is 0 Å². The van der Waals surface area contributed by atoms with E-state index in [1.54, 1.807) is 0 Å². The average molecular weight is 215 g/mol. The minimum Gasteiger partial charge on any atom is -0.373 e. The summed E-state index contributed by atoms with van der Waals surface area (Å²) in [6.45, 7) is 3.39. The molecule has 1 aromatic heterocycles. The van der Waals surface area contributed by atoms with Crippen LogP contribution in [0.5, 0.6) is 0 Å². The Hall–Kier alpha value is -0.440. The van der Waals surface area contributed by atoms with E-state index >= 15 is 0 Å². The van der Waals surface area contributed by atoms with Crippen molar-refractivity contribution in [1.82, 2.24) is 4.98 Å². The van der Waals surface area contributed by atoms with Gasteiger partial charge in [0.05, 0.1) is 10.3 Å². The van der Waals surface area contributed by atoms with Crippen molar-refractivity contribution in [3.8, 4) is 0 Å². The summed E-state index contributed by atoms with van der Waals surface area (Å²) >= 11 is 3.50. The van der Waals surface area contributed by atoms with Gasteiger partial charge in [0.25, 0.3) is 0 Å². The van der Waals surface area contributed by atoms with E-state index in [-0.39, 0.29) is 0 Å². The second-order valence-electron chi connectivity index (χ2n) is 3.18. The Labute approximate surface area is 74.7 Å². The molecule has 3 heteroatoms. The van der Waals surface area contributed by atoms with Crippen LogP contribution in [0.4, 0.5) is 5.69 Å². The lowest BCUT2D eigenvalue weighted by Gasteiger charge is -2.09. The lowest BCUT2D eigenvalue weighted by molar-refractivity contribution is 0.787. The number of likely N-dealkylation sites (N-methyl/N-ethyl adjacent to an activating group) is 1. The maximum atomic E-state index is 3.50. The van der Waals surface area contributed by atoms with E-state index in [4.69, 9.17) is 0 Å². The minimum atomic E-state index is 0.649. The van der Waals surface area contributed by atoms with Gasteiger partial charge in [-0.1, -0.05) is 6.92 Å². The van der Waals surface area contributed by atoms with E-state index in [0.29, 0.717) is 5.92 Å². The van der Waals surface area contributed by atoms with Crippen LogP contribution in [0.1, 0.15) is 18.4 Å². The lowest BCUT2D eigenvalue weighted by Crippen LogP contribution is -2.14. The Bertz CT molecular complexity index is 280. The summed E-state index contributed by atoms with van der Waals surface area (Å²) < 4.78 is 1.14. The fourth-order valence-corrected chi connectivity index (χ4v) is 2.49. The number of hydrogen-bond acceptors (Lipinski definition) is 1. The zero-order valence-corrected chi connectivity index (χ0v) is 8.27. The van der Waals surface area contributed by atoms with Crippen LogP contribution in [0.15, 0.2) is 10.8 Å². The first-order valence-corrected chi connectivity index (χ1v) is 4.57. The van der Waals surface area contributed by atoms with Gasteiger partial charge in [-0.25, -0.2) is 0 Å². The Morgan fingerprint density at radius 2 is 2.45 bits per heavy atom. The molecule has 1 atom stereocenters. The monoisotopic (exact) mass is 214 g/mol. The van der Waals surface area contributed by atoms with Crippen LogP contribution in [0.25, 0.3) is 0 Å². The van der Waals surface area contributed by atoms with Gasteiger partial charge in [0, 0.05) is 31.3 Å². The fraction of sp³-hybridized carbons (Fsp3) is 0.500. The molecule has 2 nitrogen and oxygen atoms in total. The van der Waals surface area contributed by atoms with E-state index < -0.39 is 0 Å². The molecule has 1 aliphatic heterocycles. The third-order valence-corrected chi connectivity index (χ3v) is 2.96. The number of nitrogens with one attached hydrogen (secondary N) is 1. The predicted molar refractivity (Wildman–Crippen MR) is 50.2 cm³/mol. The number of hydrogen-bond donors (Lipinski definition) is 1. The summed E-state index contributed by atoms with van der Waals surface area (Å²) in [6, 6.07) is 0. The van der Waals surface area contributed by atoms with Crippen molar-refractivity contribution in [2.45, 2.75) is 12.8 Å². The number of anilines is 1. The Kier molecular flexibility index (Phi) is 1.49. The molecule has 1 unspecified atom stereocenters. The van der Waals surface area contributed by atoms with E-state index in [0.717, 1.165) is 11.1 Å². The highest BCUT2D eigenvalue weighted by atomic mass is 79.9. The first-order valence-electron chi connectivity index (χ1n) is 3.78. The fourth-order valence-electron chi connectivity index (χ4n) is 1.78. The summed E-state index contributed by atoms with van der Waals surface area (Å²) in [7, 11) is 2.13. The van der Waals surface area contributed by atoms with Crippen molar-refractivity contribution < 1.29 is 0 Å². The highest BCUT2D eigenvalue weighted by Crippen LogP contribution is 2.39. The molecular weight excluding hydrogens is 204 g/mol. The van der Waals surface area contributed by atoms with Crippen LogP contribution < -0.4 is 4.90 Å². The van der Waals surface area contributed by atoms with Crippen molar-refractivity contribution in [2.24, 2.45) is 0 Å². The molecule has 0 fully saturated rings. The molecule has 0 saturated heterocycles. The molecule has 1 aromatic rings. The first kappa shape index (κ1) is 7.22. The number of nitrogens with zero attached hydrogens (tertiary/aromatic N) is 1. The molecule has 0 spiro atoms. The van der Waals surface area contributed by atoms with E-state index in [1.807, 2.05) is 0 Å². The topological polar surface area (TPSA) is 19.0 Å². The quantitative estimate of drug-likeness (QED) is 0.703. The third kappa shape index (κ3) is 0.906. The molecule has 0 radical (unpaired) electrons. The molecule has 2 heterocycles. The molecule has 0 saturated carbocycles. The Morgan fingerprint density at radius 1 is 1.73 bits per heavy atom. The van der Waals surface area contributed by atoms with Crippen LogP contribution in [0.3, 0.4) is 0 Å². The molecule has 11 heavy (non-hydrogen) atoms. The number of aromatic amines is 1. The van der Waals surface area contributed by atoms with Crippen molar-refractivity contribution in [3.63, 3.8) is 0 Å². The molecule has 0 amide bonds. The SMILES string of the molecule is CC1CN(C)c2c[nH]c(Br)c21. The van der Waals surface area contributed by atoms with Gasteiger partial charge < -0.3 is 9.88 Å². The van der Waals surface area contributed by atoms with Crippen LogP contribution >= 0.6 is 15.9 Å². The highest BCUT2D eigenvalue weighted by molar-refractivity contribution is 9.10. The second kappa shape index (κ2) is 2.27. The molecule has 0 aromatic carbocycles. The zero-order chi connectivity index (χ0) is 8.01. The number of rotatable bonds is 0. The third-order valence-electron chi connectivity index (χ3n) is 2.30.